The number of benzene rings is 1. The van der Waals surface area contributed by atoms with Gasteiger partial charge in [-0.2, -0.15) is 0 Å². The van der Waals surface area contributed by atoms with Crippen molar-refractivity contribution in [1.82, 2.24) is 15.1 Å². The molecule has 1 aromatic heterocycles. The maximum Gasteiger partial charge on any atom is 0.233 e. The quantitative estimate of drug-likeness (QED) is 0.625. The molecule has 4 rings (SSSR count). The lowest BCUT2D eigenvalue weighted by atomic mass is 10.0. The zero-order chi connectivity index (χ0) is 19.3. The fourth-order valence-corrected chi connectivity index (χ4v) is 6.25. The van der Waals surface area contributed by atoms with E-state index < -0.39 is 0 Å². The van der Waals surface area contributed by atoms with Crippen molar-refractivity contribution in [3.63, 3.8) is 0 Å². The molecule has 0 spiro atoms. The van der Waals surface area contributed by atoms with E-state index in [0.717, 1.165) is 57.3 Å². The molecular weight excluding hydrogens is 414 g/mol. The third-order valence-electron chi connectivity index (χ3n) is 4.70. The SMILES string of the molecule is CCSc1nnc(SCC(=O)N2CCCC2c2ccc3c(c2)OCCCO3)s1. The highest BCUT2D eigenvalue weighted by Gasteiger charge is 2.30. The normalized spacial score (nSPS) is 18.9. The molecule has 0 saturated carbocycles. The van der Waals surface area contributed by atoms with Gasteiger partial charge in [-0.25, -0.2) is 0 Å². The largest absolute Gasteiger partial charge is 0.490 e. The Morgan fingerprint density at radius 2 is 1.96 bits per heavy atom. The van der Waals surface area contributed by atoms with Crippen molar-refractivity contribution in [2.75, 3.05) is 31.3 Å². The van der Waals surface area contributed by atoms with Crippen molar-refractivity contribution < 1.29 is 14.3 Å². The number of rotatable bonds is 6. The second-order valence-electron chi connectivity index (χ2n) is 6.56. The molecule has 9 heteroatoms. The van der Waals surface area contributed by atoms with Gasteiger partial charge in [0, 0.05) is 13.0 Å². The monoisotopic (exact) mass is 437 g/mol. The summed E-state index contributed by atoms with van der Waals surface area (Å²) in [6, 6.07) is 6.18. The first-order valence-corrected chi connectivity index (χ1v) is 12.3. The molecule has 28 heavy (non-hydrogen) atoms. The Kier molecular flexibility index (Phi) is 6.64. The molecule has 150 valence electrons. The third kappa shape index (κ3) is 4.58. The summed E-state index contributed by atoms with van der Waals surface area (Å²) < 4.78 is 13.4. The van der Waals surface area contributed by atoms with Gasteiger partial charge in [-0.1, -0.05) is 47.9 Å². The topological polar surface area (TPSA) is 64.6 Å². The first-order valence-electron chi connectivity index (χ1n) is 9.52. The molecule has 2 aliphatic heterocycles. The number of carbonyl (C=O) groups excluding carboxylic acids is 1. The number of aromatic nitrogens is 2. The molecule has 0 aliphatic carbocycles. The van der Waals surface area contributed by atoms with E-state index >= 15 is 0 Å². The van der Waals surface area contributed by atoms with Gasteiger partial charge in [0.05, 0.1) is 25.0 Å². The molecule has 1 saturated heterocycles. The number of amides is 1. The number of likely N-dealkylation sites (tertiary alicyclic amines) is 1. The molecule has 1 unspecified atom stereocenters. The lowest BCUT2D eigenvalue weighted by Crippen LogP contribution is -2.32. The van der Waals surface area contributed by atoms with Gasteiger partial charge in [-0.15, -0.1) is 10.2 Å². The molecule has 1 amide bonds. The van der Waals surface area contributed by atoms with Crippen LogP contribution in [0.4, 0.5) is 0 Å². The fraction of sp³-hybridized carbons (Fsp3) is 0.526. The van der Waals surface area contributed by atoms with Crippen LogP contribution < -0.4 is 9.47 Å². The van der Waals surface area contributed by atoms with Crippen molar-refractivity contribution in [3.8, 4) is 11.5 Å². The zero-order valence-electron chi connectivity index (χ0n) is 15.8. The van der Waals surface area contributed by atoms with E-state index in [9.17, 15) is 4.79 Å². The minimum absolute atomic E-state index is 0.103. The lowest BCUT2D eigenvalue weighted by molar-refractivity contribution is -0.129. The van der Waals surface area contributed by atoms with Gasteiger partial charge in [0.25, 0.3) is 0 Å². The summed E-state index contributed by atoms with van der Waals surface area (Å²) in [5.41, 5.74) is 1.12. The summed E-state index contributed by atoms with van der Waals surface area (Å²) in [5, 5.41) is 8.33. The van der Waals surface area contributed by atoms with Crippen LogP contribution in [0.5, 0.6) is 11.5 Å². The first kappa shape index (κ1) is 19.8. The predicted molar refractivity (Wildman–Crippen MR) is 113 cm³/mol. The Morgan fingerprint density at radius 3 is 2.79 bits per heavy atom. The number of hydrogen-bond acceptors (Lipinski definition) is 8. The fourth-order valence-electron chi connectivity index (χ4n) is 3.44. The van der Waals surface area contributed by atoms with Gasteiger partial charge >= 0.3 is 0 Å². The smallest absolute Gasteiger partial charge is 0.233 e. The van der Waals surface area contributed by atoms with E-state index in [2.05, 4.69) is 23.2 Å². The van der Waals surface area contributed by atoms with E-state index in [0.29, 0.717) is 19.0 Å². The minimum atomic E-state index is 0.103. The van der Waals surface area contributed by atoms with Crippen molar-refractivity contribution >= 4 is 40.8 Å². The predicted octanol–water partition coefficient (Wildman–Crippen LogP) is 4.27. The van der Waals surface area contributed by atoms with E-state index in [-0.39, 0.29) is 11.9 Å². The van der Waals surface area contributed by atoms with Gasteiger partial charge in [-0.05, 0) is 36.3 Å². The van der Waals surface area contributed by atoms with Crippen molar-refractivity contribution in [2.45, 2.75) is 40.9 Å². The number of ether oxygens (including phenoxy) is 2. The van der Waals surface area contributed by atoms with Gasteiger partial charge in [-0.3, -0.25) is 4.79 Å². The third-order valence-corrected chi connectivity index (χ3v) is 7.76. The van der Waals surface area contributed by atoms with Crippen LogP contribution in [0.1, 0.15) is 37.8 Å². The standard InChI is InChI=1S/C19H23N3O3S3/c1-2-26-18-20-21-19(28-18)27-12-17(23)22-8-3-5-14(22)13-6-7-15-16(11-13)25-10-4-9-24-15/h6-7,11,14H,2-5,8-10,12H2,1H3. The molecule has 3 heterocycles. The lowest BCUT2D eigenvalue weighted by Gasteiger charge is -2.25. The number of thioether (sulfide) groups is 2. The average molecular weight is 438 g/mol. The Morgan fingerprint density at radius 1 is 1.18 bits per heavy atom. The zero-order valence-corrected chi connectivity index (χ0v) is 18.2. The van der Waals surface area contributed by atoms with Crippen LogP contribution in [-0.2, 0) is 4.79 Å². The summed E-state index contributed by atoms with van der Waals surface area (Å²) >= 11 is 4.72. The molecule has 0 bridgehead atoms. The Labute approximate surface area is 177 Å². The van der Waals surface area contributed by atoms with Gasteiger partial charge in [0.1, 0.15) is 0 Å². The molecule has 1 atom stereocenters. The van der Waals surface area contributed by atoms with E-state index in [1.807, 2.05) is 17.0 Å². The summed E-state index contributed by atoms with van der Waals surface area (Å²) in [6.07, 6.45) is 2.89. The second kappa shape index (κ2) is 9.37. The van der Waals surface area contributed by atoms with E-state index in [1.165, 1.54) is 11.8 Å². The number of hydrogen-bond donors (Lipinski definition) is 0. The summed E-state index contributed by atoms with van der Waals surface area (Å²) in [4.78, 5) is 14.9. The van der Waals surface area contributed by atoms with Crippen LogP contribution >= 0.6 is 34.9 Å². The minimum Gasteiger partial charge on any atom is -0.490 e. The van der Waals surface area contributed by atoms with Gasteiger partial charge < -0.3 is 14.4 Å². The van der Waals surface area contributed by atoms with Crippen LogP contribution in [0.2, 0.25) is 0 Å². The summed E-state index contributed by atoms with van der Waals surface area (Å²) in [5.74, 6) is 3.11. The highest BCUT2D eigenvalue weighted by Crippen LogP contribution is 2.38. The molecule has 1 fully saturated rings. The molecule has 2 aliphatic rings. The highest BCUT2D eigenvalue weighted by molar-refractivity contribution is 8.03. The number of nitrogens with zero attached hydrogens (tertiary/aromatic N) is 3. The second-order valence-corrected chi connectivity index (χ2v) is 10.3. The number of carbonyl (C=O) groups is 1. The molecule has 0 N–H and O–H groups in total. The van der Waals surface area contributed by atoms with Crippen LogP contribution in [-0.4, -0.2) is 52.3 Å². The van der Waals surface area contributed by atoms with Crippen LogP contribution in [0.15, 0.2) is 26.9 Å². The van der Waals surface area contributed by atoms with Crippen LogP contribution in [0.25, 0.3) is 0 Å². The molecule has 2 aromatic rings. The maximum atomic E-state index is 12.9. The Balaban J connectivity index is 1.41. The number of fused-ring (bicyclic) bond motifs is 1. The molecule has 0 radical (unpaired) electrons. The maximum absolute atomic E-state index is 12.9. The Bertz CT molecular complexity index is 830. The van der Waals surface area contributed by atoms with Gasteiger partial charge in [0.15, 0.2) is 20.2 Å². The van der Waals surface area contributed by atoms with E-state index in [1.54, 1.807) is 23.1 Å². The summed E-state index contributed by atoms with van der Waals surface area (Å²) in [6.45, 7) is 4.24. The van der Waals surface area contributed by atoms with Crippen LogP contribution in [0.3, 0.4) is 0 Å². The van der Waals surface area contributed by atoms with E-state index in [4.69, 9.17) is 9.47 Å². The van der Waals surface area contributed by atoms with Gasteiger partial charge in [0.2, 0.25) is 5.91 Å². The molecule has 6 nitrogen and oxygen atoms in total. The highest BCUT2D eigenvalue weighted by atomic mass is 32.2. The Hall–Kier alpha value is -1.45. The van der Waals surface area contributed by atoms with Crippen molar-refractivity contribution in [1.29, 1.82) is 0 Å². The van der Waals surface area contributed by atoms with Crippen molar-refractivity contribution in [2.24, 2.45) is 0 Å². The van der Waals surface area contributed by atoms with Crippen LogP contribution in [0, 0.1) is 0 Å². The van der Waals surface area contributed by atoms with Crippen molar-refractivity contribution in [3.05, 3.63) is 23.8 Å². The first-order chi connectivity index (χ1) is 13.7. The molecular formula is C19H23N3O3S3. The summed E-state index contributed by atoms with van der Waals surface area (Å²) in [7, 11) is 0. The average Bonchev–Trinajstić information content (AvgIpc) is 3.31. The molecule has 1 aromatic carbocycles.